The number of hydrogen-bond acceptors (Lipinski definition) is 3. The molecule has 0 spiro atoms. The first kappa shape index (κ1) is 13.5. The van der Waals surface area contributed by atoms with Gasteiger partial charge in [0.2, 0.25) is 0 Å². The number of nitrogens with two attached hydrogens (primary N) is 1. The molecule has 0 unspecified atom stereocenters. The summed E-state index contributed by atoms with van der Waals surface area (Å²) in [6.07, 6.45) is 0. The summed E-state index contributed by atoms with van der Waals surface area (Å²) in [6, 6.07) is 3.91. The minimum absolute atomic E-state index is 0.252. The molecule has 0 saturated carbocycles. The van der Waals surface area contributed by atoms with Crippen molar-refractivity contribution in [2.24, 2.45) is 5.73 Å². The van der Waals surface area contributed by atoms with E-state index in [4.69, 9.17) is 10.5 Å². The van der Waals surface area contributed by atoms with Crippen LogP contribution in [0.15, 0.2) is 16.6 Å². The van der Waals surface area contributed by atoms with Gasteiger partial charge in [-0.05, 0) is 38.5 Å². The zero-order chi connectivity index (χ0) is 12.3. The Hall–Kier alpha value is -0.580. The van der Waals surface area contributed by atoms with E-state index in [1.165, 1.54) is 0 Å². The largest absolute Gasteiger partial charge is 0.490 e. The fraction of sp³-hybridized carbons (Fsp3) is 0.500. The van der Waals surface area contributed by atoms with Gasteiger partial charge in [0.1, 0.15) is 12.4 Å². The first-order valence-corrected chi connectivity index (χ1v) is 5.97. The highest BCUT2D eigenvalue weighted by molar-refractivity contribution is 9.10. The van der Waals surface area contributed by atoms with E-state index in [0.29, 0.717) is 6.54 Å². The van der Waals surface area contributed by atoms with Crippen molar-refractivity contribution in [1.29, 1.82) is 0 Å². The molecule has 1 aromatic rings. The maximum atomic E-state index is 9.62. The third-order valence-corrected chi connectivity index (χ3v) is 2.56. The van der Waals surface area contributed by atoms with Gasteiger partial charge in [0.15, 0.2) is 0 Å². The van der Waals surface area contributed by atoms with Gasteiger partial charge in [0.25, 0.3) is 0 Å². The van der Waals surface area contributed by atoms with Crippen LogP contribution in [0.1, 0.15) is 25.0 Å². The highest BCUT2D eigenvalue weighted by Crippen LogP contribution is 2.28. The summed E-state index contributed by atoms with van der Waals surface area (Å²) in [5, 5.41) is 9.62. The molecule has 0 bridgehead atoms. The maximum absolute atomic E-state index is 9.62. The normalized spacial score (nSPS) is 11.6. The number of aliphatic hydroxyl groups is 1. The zero-order valence-electron chi connectivity index (χ0n) is 9.88. The molecule has 0 fully saturated rings. The second-order valence-corrected chi connectivity index (χ2v) is 5.43. The van der Waals surface area contributed by atoms with Gasteiger partial charge in [-0.25, -0.2) is 0 Å². The molecule has 0 radical (unpaired) electrons. The van der Waals surface area contributed by atoms with Gasteiger partial charge in [-0.3, -0.25) is 0 Å². The lowest BCUT2D eigenvalue weighted by Crippen LogP contribution is -2.28. The van der Waals surface area contributed by atoms with Crippen molar-refractivity contribution in [2.45, 2.75) is 32.9 Å². The zero-order valence-corrected chi connectivity index (χ0v) is 11.5. The number of rotatable bonds is 4. The summed E-state index contributed by atoms with van der Waals surface area (Å²) in [5.41, 5.74) is 6.78. The van der Waals surface area contributed by atoms with Crippen molar-refractivity contribution in [2.75, 3.05) is 6.61 Å². The summed E-state index contributed by atoms with van der Waals surface area (Å²) < 4.78 is 6.61. The monoisotopic (exact) mass is 287 g/mol. The van der Waals surface area contributed by atoms with Crippen LogP contribution >= 0.6 is 15.9 Å². The molecule has 1 rings (SSSR count). The maximum Gasteiger partial charge on any atom is 0.126 e. The molecule has 0 aromatic heterocycles. The minimum atomic E-state index is -0.842. The average molecular weight is 288 g/mol. The Balaban J connectivity index is 2.94. The van der Waals surface area contributed by atoms with Gasteiger partial charge in [-0.15, -0.1) is 0 Å². The van der Waals surface area contributed by atoms with Crippen LogP contribution in [0, 0.1) is 6.92 Å². The van der Waals surface area contributed by atoms with Crippen LogP contribution in [0.25, 0.3) is 0 Å². The molecular formula is C12H18BrNO2. The Morgan fingerprint density at radius 2 is 2.06 bits per heavy atom. The topological polar surface area (TPSA) is 55.5 Å². The van der Waals surface area contributed by atoms with Crippen molar-refractivity contribution in [3.05, 3.63) is 27.7 Å². The van der Waals surface area contributed by atoms with Gasteiger partial charge in [0, 0.05) is 16.6 Å². The first-order chi connectivity index (χ1) is 7.33. The molecule has 1 aromatic carbocycles. The fourth-order valence-electron chi connectivity index (χ4n) is 1.41. The third kappa shape index (κ3) is 3.77. The molecule has 3 N–H and O–H groups in total. The van der Waals surface area contributed by atoms with E-state index in [1.807, 2.05) is 19.1 Å². The van der Waals surface area contributed by atoms with Crippen molar-refractivity contribution >= 4 is 15.9 Å². The van der Waals surface area contributed by atoms with Crippen LogP contribution in [-0.2, 0) is 6.54 Å². The summed E-state index contributed by atoms with van der Waals surface area (Å²) in [6.45, 7) is 6.06. The van der Waals surface area contributed by atoms with E-state index in [-0.39, 0.29) is 6.61 Å². The molecule has 0 aliphatic carbocycles. The van der Waals surface area contributed by atoms with Crippen LogP contribution in [0.5, 0.6) is 5.75 Å². The Morgan fingerprint density at radius 1 is 1.44 bits per heavy atom. The number of hydrogen-bond donors (Lipinski definition) is 2. The number of aryl methyl sites for hydroxylation is 1. The van der Waals surface area contributed by atoms with E-state index in [2.05, 4.69) is 15.9 Å². The predicted octanol–water partition coefficient (Wildman–Crippen LogP) is 2.37. The highest BCUT2D eigenvalue weighted by Gasteiger charge is 2.16. The quantitative estimate of drug-likeness (QED) is 0.894. The molecule has 90 valence electrons. The number of halogens is 1. The average Bonchev–Trinajstić information content (AvgIpc) is 2.13. The molecular weight excluding hydrogens is 270 g/mol. The Bertz CT molecular complexity index is 372. The highest BCUT2D eigenvalue weighted by atomic mass is 79.9. The predicted molar refractivity (Wildman–Crippen MR) is 68.6 cm³/mol. The van der Waals surface area contributed by atoms with Crippen LogP contribution in [-0.4, -0.2) is 17.3 Å². The first-order valence-electron chi connectivity index (χ1n) is 5.18. The van der Waals surface area contributed by atoms with E-state index in [0.717, 1.165) is 21.3 Å². The summed E-state index contributed by atoms with van der Waals surface area (Å²) in [4.78, 5) is 0. The number of ether oxygens (including phenoxy) is 1. The SMILES string of the molecule is Cc1cc(Br)cc(CN)c1OCC(C)(C)O. The molecule has 0 atom stereocenters. The smallest absolute Gasteiger partial charge is 0.126 e. The lowest BCUT2D eigenvalue weighted by atomic mass is 10.1. The van der Waals surface area contributed by atoms with Crippen LogP contribution in [0.4, 0.5) is 0 Å². The molecule has 0 heterocycles. The second kappa shape index (κ2) is 5.17. The molecule has 16 heavy (non-hydrogen) atoms. The lowest BCUT2D eigenvalue weighted by Gasteiger charge is -2.20. The lowest BCUT2D eigenvalue weighted by molar-refractivity contribution is 0.0279. The van der Waals surface area contributed by atoms with Crippen LogP contribution in [0.2, 0.25) is 0 Å². The Kier molecular flexibility index (Phi) is 4.35. The van der Waals surface area contributed by atoms with Crippen molar-refractivity contribution in [1.82, 2.24) is 0 Å². The summed E-state index contributed by atoms with van der Waals surface area (Å²) in [5.74, 6) is 0.771. The van der Waals surface area contributed by atoms with Crippen molar-refractivity contribution in [3.8, 4) is 5.75 Å². The van der Waals surface area contributed by atoms with Gasteiger partial charge in [-0.1, -0.05) is 15.9 Å². The van der Waals surface area contributed by atoms with E-state index < -0.39 is 5.60 Å². The fourth-order valence-corrected chi connectivity index (χ4v) is 2.03. The van der Waals surface area contributed by atoms with Gasteiger partial charge in [-0.2, -0.15) is 0 Å². The van der Waals surface area contributed by atoms with E-state index >= 15 is 0 Å². The third-order valence-electron chi connectivity index (χ3n) is 2.11. The molecule has 0 saturated heterocycles. The van der Waals surface area contributed by atoms with Crippen molar-refractivity contribution < 1.29 is 9.84 Å². The molecule has 0 amide bonds. The molecule has 4 heteroatoms. The Morgan fingerprint density at radius 3 is 2.56 bits per heavy atom. The van der Waals surface area contributed by atoms with Crippen LogP contribution < -0.4 is 10.5 Å². The number of benzene rings is 1. The minimum Gasteiger partial charge on any atom is -0.490 e. The van der Waals surface area contributed by atoms with Gasteiger partial charge in [0.05, 0.1) is 5.60 Å². The molecule has 0 aliphatic rings. The van der Waals surface area contributed by atoms with E-state index in [9.17, 15) is 5.11 Å². The van der Waals surface area contributed by atoms with Gasteiger partial charge >= 0.3 is 0 Å². The van der Waals surface area contributed by atoms with Crippen LogP contribution in [0.3, 0.4) is 0 Å². The van der Waals surface area contributed by atoms with E-state index in [1.54, 1.807) is 13.8 Å². The summed E-state index contributed by atoms with van der Waals surface area (Å²) in [7, 11) is 0. The van der Waals surface area contributed by atoms with Gasteiger partial charge < -0.3 is 15.6 Å². The Labute approximate surface area is 105 Å². The van der Waals surface area contributed by atoms with Crippen molar-refractivity contribution in [3.63, 3.8) is 0 Å². The second-order valence-electron chi connectivity index (χ2n) is 4.52. The molecule has 3 nitrogen and oxygen atoms in total. The molecule has 0 aliphatic heterocycles. The standard InChI is InChI=1S/C12H18BrNO2/c1-8-4-10(13)5-9(6-14)11(8)16-7-12(2,3)15/h4-5,15H,6-7,14H2,1-3H3. The summed E-state index contributed by atoms with van der Waals surface area (Å²) >= 11 is 3.42.